The molecule has 0 spiro atoms. The van der Waals surface area contributed by atoms with Crippen LogP contribution < -0.4 is 10.3 Å². The first-order valence-electron chi connectivity index (χ1n) is 8.39. The number of fused-ring (bicyclic) bond motifs is 1. The molecule has 0 aromatic carbocycles. The van der Waals surface area contributed by atoms with Crippen LogP contribution in [0, 0.1) is 5.92 Å². The van der Waals surface area contributed by atoms with E-state index in [1.54, 1.807) is 6.20 Å². The molecule has 1 aliphatic rings. The van der Waals surface area contributed by atoms with Crippen LogP contribution in [0.5, 0.6) is 0 Å². The summed E-state index contributed by atoms with van der Waals surface area (Å²) in [6.07, 6.45) is 0.0692. The number of piperidine rings is 1. The molecule has 2 aromatic heterocycles. The monoisotopic (exact) mass is 370 g/mol. The van der Waals surface area contributed by atoms with Gasteiger partial charge in [-0.25, -0.2) is 15.0 Å². The summed E-state index contributed by atoms with van der Waals surface area (Å²) in [5, 5.41) is 6.65. The van der Waals surface area contributed by atoms with Crippen LogP contribution in [0.4, 0.5) is 19.0 Å². The molecule has 2 atom stereocenters. The highest BCUT2D eigenvalue weighted by atomic mass is 19.4. The van der Waals surface area contributed by atoms with Crippen molar-refractivity contribution in [2.24, 2.45) is 5.92 Å². The van der Waals surface area contributed by atoms with E-state index in [1.807, 2.05) is 35.4 Å². The molecule has 10 heteroatoms. The SMILES string of the molecule is CC1CCC(C(=O)NCC(F)(F)F)CN1N(C)c1ncnc2[nH]ccc12. The summed E-state index contributed by atoms with van der Waals surface area (Å²) in [6, 6.07) is 2.00. The Labute approximate surface area is 148 Å². The van der Waals surface area contributed by atoms with Gasteiger partial charge in [0.1, 0.15) is 18.5 Å². The van der Waals surface area contributed by atoms with Crippen LogP contribution in [0.25, 0.3) is 11.0 Å². The van der Waals surface area contributed by atoms with E-state index < -0.39 is 24.5 Å². The Morgan fingerprint density at radius 2 is 2.19 bits per heavy atom. The number of nitrogens with zero attached hydrogens (tertiary/aromatic N) is 4. The minimum atomic E-state index is -4.41. The predicted molar refractivity (Wildman–Crippen MR) is 90.2 cm³/mol. The van der Waals surface area contributed by atoms with Gasteiger partial charge in [-0.2, -0.15) is 13.2 Å². The van der Waals surface area contributed by atoms with Crippen LogP contribution in [-0.4, -0.2) is 58.2 Å². The van der Waals surface area contributed by atoms with E-state index in [1.165, 1.54) is 6.33 Å². The molecular weight excluding hydrogens is 349 g/mol. The van der Waals surface area contributed by atoms with Crippen molar-refractivity contribution in [2.75, 3.05) is 25.1 Å². The van der Waals surface area contributed by atoms with Crippen LogP contribution >= 0.6 is 0 Å². The summed E-state index contributed by atoms with van der Waals surface area (Å²) in [4.78, 5) is 23.6. The van der Waals surface area contributed by atoms with Crippen molar-refractivity contribution in [3.8, 4) is 0 Å². The summed E-state index contributed by atoms with van der Waals surface area (Å²) >= 11 is 0. The molecule has 1 saturated heterocycles. The van der Waals surface area contributed by atoms with Gasteiger partial charge in [0.05, 0.1) is 11.3 Å². The Hall–Kier alpha value is -2.36. The molecule has 0 bridgehead atoms. The van der Waals surface area contributed by atoms with Crippen molar-refractivity contribution >= 4 is 22.8 Å². The van der Waals surface area contributed by atoms with Crippen LogP contribution in [0.3, 0.4) is 0 Å². The number of alkyl halides is 3. The third-order valence-corrected chi connectivity index (χ3v) is 4.71. The first-order chi connectivity index (χ1) is 12.3. The van der Waals surface area contributed by atoms with E-state index >= 15 is 0 Å². The van der Waals surface area contributed by atoms with Gasteiger partial charge in [-0.3, -0.25) is 9.80 Å². The number of anilines is 1. The largest absolute Gasteiger partial charge is 0.405 e. The van der Waals surface area contributed by atoms with Gasteiger partial charge in [0.15, 0.2) is 5.82 Å². The van der Waals surface area contributed by atoms with Gasteiger partial charge < -0.3 is 10.3 Å². The quantitative estimate of drug-likeness (QED) is 0.862. The predicted octanol–water partition coefficient (Wildman–Crippen LogP) is 2.09. The van der Waals surface area contributed by atoms with E-state index in [9.17, 15) is 18.0 Å². The molecule has 7 nitrogen and oxygen atoms in total. The maximum Gasteiger partial charge on any atom is 0.405 e. The fourth-order valence-corrected chi connectivity index (χ4v) is 3.29. The Morgan fingerprint density at radius 3 is 2.92 bits per heavy atom. The molecule has 0 saturated carbocycles. The van der Waals surface area contributed by atoms with Crippen LogP contribution in [0.15, 0.2) is 18.6 Å². The number of hydrogen-bond acceptors (Lipinski definition) is 5. The van der Waals surface area contributed by atoms with Gasteiger partial charge >= 0.3 is 6.18 Å². The van der Waals surface area contributed by atoms with E-state index in [2.05, 4.69) is 15.0 Å². The minimum Gasteiger partial charge on any atom is -0.347 e. The third-order valence-electron chi connectivity index (χ3n) is 4.71. The standard InChI is InChI=1S/C16H21F3N6O/c1-10-3-4-11(15(26)21-8-16(17,18)19)7-25(10)24(2)14-12-5-6-20-13(12)22-9-23-14/h5-6,9-11H,3-4,7-8H2,1-2H3,(H,21,26)(H,20,22,23). The van der Waals surface area contributed by atoms with Crippen molar-refractivity contribution in [1.29, 1.82) is 0 Å². The molecule has 0 radical (unpaired) electrons. The maximum atomic E-state index is 12.3. The molecule has 1 amide bonds. The fourth-order valence-electron chi connectivity index (χ4n) is 3.29. The number of halogens is 3. The van der Waals surface area contributed by atoms with Gasteiger partial charge in [-0.1, -0.05) is 0 Å². The summed E-state index contributed by atoms with van der Waals surface area (Å²) in [5.74, 6) is -0.388. The third kappa shape index (κ3) is 3.90. The second kappa shape index (κ2) is 7.10. The van der Waals surface area contributed by atoms with Crippen molar-refractivity contribution in [3.05, 3.63) is 18.6 Å². The van der Waals surface area contributed by atoms with Gasteiger partial charge in [-0.05, 0) is 25.8 Å². The lowest BCUT2D eigenvalue weighted by Gasteiger charge is -2.43. The first kappa shape index (κ1) is 18.4. The summed E-state index contributed by atoms with van der Waals surface area (Å²) in [7, 11) is 1.83. The number of carbonyl (C=O) groups is 1. The molecule has 1 fully saturated rings. The Morgan fingerprint density at radius 1 is 1.42 bits per heavy atom. The number of nitrogens with one attached hydrogen (secondary N) is 2. The zero-order chi connectivity index (χ0) is 18.9. The van der Waals surface area contributed by atoms with Gasteiger partial charge in [-0.15, -0.1) is 0 Å². The number of carbonyl (C=O) groups excluding carboxylic acids is 1. The Kier molecular flexibility index (Phi) is 5.03. The lowest BCUT2D eigenvalue weighted by Crippen LogP contribution is -2.54. The highest BCUT2D eigenvalue weighted by Crippen LogP contribution is 2.28. The number of amides is 1. The molecule has 2 aromatic rings. The van der Waals surface area contributed by atoms with Crippen LogP contribution in [0.2, 0.25) is 0 Å². The number of hydrogen-bond donors (Lipinski definition) is 2. The molecule has 2 unspecified atom stereocenters. The highest BCUT2D eigenvalue weighted by Gasteiger charge is 2.35. The molecule has 3 heterocycles. The Balaban J connectivity index is 1.74. The van der Waals surface area contributed by atoms with Gasteiger partial charge in [0.2, 0.25) is 5.91 Å². The van der Waals surface area contributed by atoms with E-state index in [-0.39, 0.29) is 6.04 Å². The van der Waals surface area contributed by atoms with Crippen molar-refractivity contribution in [3.63, 3.8) is 0 Å². The van der Waals surface area contributed by atoms with E-state index in [4.69, 9.17) is 0 Å². The number of aromatic nitrogens is 3. The molecule has 2 N–H and O–H groups in total. The number of rotatable bonds is 4. The number of H-pyrrole nitrogens is 1. The second-order valence-corrected chi connectivity index (χ2v) is 6.54. The zero-order valence-corrected chi connectivity index (χ0v) is 14.5. The van der Waals surface area contributed by atoms with Crippen LogP contribution in [0.1, 0.15) is 19.8 Å². The summed E-state index contributed by atoms with van der Waals surface area (Å²) in [6.45, 7) is 1.05. The average Bonchev–Trinajstić information content (AvgIpc) is 3.07. The minimum absolute atomic E-state index is 0.135. The molecule has 1 aliphatic heterocycles. The Bertz CT molecular complexity index is 777. The maximum absolute atomic E-state index is 12.3. The first-order valence-corrected chi connectivity index (χ1v) is 8.39. The molecule has 3 rings (SSSR count). The molecule has 0 aliphatic carbocycles. The molecule has 26 heavy (non-hydrogen) atoms. The molecular formula is C16H21F3N6O. The highest BCUT2D eigenvalue weighted by molar-refractivity contribution is 5.87. The normalized spacial score (nSPS) is 21.7. The number of hydrazine groups is 1. The van der Waals surface area contributed by atoms with Crippen LogP contribution in [-0.2, 0) is 4.79 Å². The van der Waals surface area contributed by atoms with Crippen molar-refractivity contribution in [2.45, 2.75) is 32.0 Å². The summed E-state index contributed by atoms with van der Waals surface area (Å²) in [5.41, 5.74) is 0.700. The smallest absolute Gasteiger partial charge is 0.347 e. The van der Waals surface area contributed by atoms with Crippen molar-refractivity contribution in [1.82, 2.24) is 25.3 Å². The summed E-state index contributed by atoms with van der Waals surface area (Å²) < 4.78 is 37.0. The zero-order valence-electron chi connectivity index (χ0n) is 14.5. The topological polar surface area (TPSA) is 77.2 Å². The van der Waals surface area contributed by atoms with Gasteiger partial charge in [0.25, 0.3) is 0 Å². The molecule has 142 valence electrons. The number of aromatic amines is 1. The van der Waals surface area contributed by atoms with Crippen molar-refractivity contribution < 1.29 is 18.0 Å². The average molecular weight is 370 g/mol. The lowest BCUT2D eigenvalue weighted by molar-refractivity contribution is -0.142. The second-order valence-electron chi connectivity index (χ2n) is 6.54. The fraction of sp³-hybridized carbons (Fsp3) is 0.562. The van der Waals surface area contributed by atoms with E-state index in [0.717, 1.165) is 5.39 Å². The van der Waals surface area contributed by atoms with E-state index in [0.29, 0.717) is 30.9 Å². The van der Waals surface area contributed by atoms with Gasteiger partial charge in [0, 0.05) is 25.8 Å². The lowest BCUT2D eigenvalue weighted by atomic mass is 9.94.